The lowest BCUT2D eigenvalue weighted by Gasteiger charge is -2.33. The third-order valence-corrected chi connectivity index (χ3v) is 3.72. The van der Waals surface area contributed by atoms with Gasteiger partial charge in [0.05, 0.1) is 19.0 Å². The fourth-order valence-corrected chi connectivity index (χ4v) is 2.56. The second kappa shape index (κ2) is 5.33. The zero-order valence-corrected chi connectivity index (χ0v) is 12.8. The lowest BCUT2D eigenvalue weighted by atomic mass is 10.1. The van der Waals surface area contributed by atoms with E-state index in [0.717, 1.165) is 4.85 Å². The first-order valence-electron chi connectivity index (χ1n) is 7.02. The number of anilines is 3. The summed E-state index contributed by atoms with van der Waals surface area (Å²) < 4.78 is 5.33. The van der Waals surface area contributed by atoms with Crippen molar-refractivity contribution < 1.29 is 19.2 Å². The van der Waals surface area contributed by atoms with Crippen LogP contribution < -0.4 is 25.7 Å². The number of carbonyl (C=O) groups is 2. The molecule has 0 saturated carbocycles. The number of hydrogen-bond acceptors (Lipinski definition) is 9. The van der Waals surface area contributed by atoms with Gasteiger partial charge in [-0.1, -0.05) is 4.85 Å². The summed E-state index contributed by atoms with van der Waals surface area (Å²) in [4.78, 5) is 36.4. The Kier molecular flexibility index (Phi) is 3.13. The van der Waals surface area contributed by atoms with Gasteiger partial charge in [0.15, 0.2) is 5.82 Å². The average molecular weight is 341 g/mol. The summed E-state index contributed by atoms with van der Waals surface area (Å²) >= 11 is 0. The number of carbonyl (C=O) groups excluding carboxylic acids is 2. The van der Waals surface area contributed by atoms with Crippen LogP contribution in [0.2, 0.25) is 0 Å². The molecule has 25 heavy (non-hydrogen) atoms. The molecule has 4 rings (SSSR count). The maximum atomic E-state index is 12.2. The van der Waals surface area contributed by atoms with Crippen LogP contribution in [0.5, 0.6) is 5.75 Å². The second-order valence-electron chi connectivity index (χ2n) is 5.04. The topological polar surface area (TPSA) is 137 Å². The number of nitrogens with two attached hydrogens (primary N) is 1. The van der Waals surface area contributed by atoms with Crippen molar-refractivity contribution in [2.24, 2.45) is 0 Å². The molecule has 2 aromatic heterocycles. The standard InChI is InChI=1S/C14H11N7O4/c1-24-10-3-9-7(4-18-21(9)25-6-22)2-8(10)19-20-13-11(14(20)23)12(15)16-5-17-13/h2-6,19H,1H3,(H2,15,16,17). The SMILES string of the molecule is COc1cc2c(cnn2OC=O)cc1NN1C(=O)c2c(N)ncnc21. The largest absolute Gasteiger partial charge is 0.494 e. The van der Waals surface area contributed by atoms with Crippen LogP contribution >= 0.6 is 0 Å². The molecule has 1 aromatic carbocycles. The Morgan fingerprint density at radius 2 is 2.16 bits per heavy atom. The van der Waals surface area contributed by atoms with Crippen LogP contribution in [0.15, 0.2) is 24.7 Å². The first-order valence-corrected chi connectivity index (χ1v) is 7.02. The third kappa shape index (κ3) is 2.09. The molecule has 1 amide bonds. The van der Waals surface area contributed by atoms with Gasteiger partial charge in [-0.05, 0) is 6.07 Å². The van der Waals surface area contributed by atoms with Crippen LogP contribution in [0.3, 0.4) is 0 Å². The van der Waals surface area contributed by atoms with E-state index in [9.17, 15) is 9.59 Å². The number of nitrogens with zero attached hydrogens (tertiary/aromatic N) is 5. The van der Waals surface area contributed by atoms with E-state index in [1.807, 2.05) is 0 Å². The molecule has 0 unspecified atom stereocenters. The molecule has 0 saturated heterocycles. The van der Waals surface area contributed by atoms with Gasteiger partial charge >= 0.3 is 6.47 Å². The van der Waals surface area contributed by atoms with E-state index < -0.39 is 0 Å². The molecule has 0 atom stereocenters. The summed E-state index contributed by atoms with van der Waals surface area (Å²) in [6, 6.07) is 3.31. The van der Waals surface area contributed by atoms with Crippen molar-refractivity contribution in [3.05, 3.63) is 30.2 Å². The number of amides is 1. The van der Waals surface area contributed by atoms with Crippen LogP contribution in [0.4, 0.5) is 17.3 Å². The summed E-state index contributed by atoms with van der Waals surface area (Å²) in [5.74, 6) is 0.560. The molecule has 0 bridgehead atoms. The Balaban J connectivity index is 1.72. The molecular weight excluding hydrogens is 330 g/mol. The van der Waals surface area contributed by atoms with Gasteiger partial charge < -0.3 is 15.3 Å². The molecule has 11 heteroatoms. The number of methoxy groups -OCH3 is 1. The molecule has 0 spiro atoms. The maximum absolute atomic E-state index is 12.2. The Hall–Kier alpha value is -3.89. The van der Waals surface area contributed by atoms with E-state index in [4.69, 9.17) is 15.3 Å². The minimum absolute atomic E-state index is 0.128. The fourth-order valence-electron chi connectivity index (χ4n) is 2.56. The molecule has 3 aromatic rings. The lowest BCUT2D eigenvalue weighted by molar-refractivity contribution is -0.130. The minimum atomic E-state index is -0.352. The summed E-state index contributed by atoms with van der Waals surface area (Å²) in [5, 5.41) is 5.85. The molecule has 3 heterocycles. The smallest absolute Gasteiger partial charge is 0.323 e. The molecule has 0 aliphatic carbocycles. The summed E-state index contributed by atoms with van der Waals surface area (Å²) in [5.41, 5.74) is 9.89. The number of ether oxygens (including phenoxy) is 1. The highest BCUT2D eigenvalue weighted by molar-refractivity contribution is 6.22. The molecule has 0 fully saturated rings. The average Bonchev–Trinajstić information content (AvgIpc) is 3.00. The van der Waals surface area contributed by atoms with Crippen LogP contribution in [0.25, 0.3) is 10.9 Å². The number of fused-ring (bicyclic) bond motifs is 2. The zero-order valence-electron chi connectivity index (χ0n) is 12.8. The van der Waals surface area contributed by atoms with Crippen molar-refractivity contribution in [1.29, 1.82) is 0 Å². The van der Waals surface area contributed by atoms with Gasteiger partial charge in [0.2, 0.25) is 0 Å². The van der Waals surface area contributed by atoms with Gasteiger partial charge in [-0.15, -0.1) is 5.10 Å². The van der Waals surface area contributed by atoms with Crippen molar-refractivity contribution in [3.63, 3.8) is 0 Å². The lowest BCUT2D eigenvalue weighted by Crippen LogP contribution is -2.46. The summed E-state index contributed by atoms with van der Waals surface area (Å²) in [6.45, 7) is 0.269. The molecule has 0 radical (unpaired) electrons. The van der Waals surface area contributed by atoms with Gasteiger partial charge in [-0.25, -0.2) is 9.97 Å². The second-order valence-corrected chi connectivity index (χ2v) is 5.04. The molecule has 1 aliphatic rings. The molecule has 1 aliphatic heterocycles. The Labute approximate surface area is 139 Å². The predicted octanol–water partition coefficient (Wildman–Crippen LogP) is -0.0106. The molecule has 11 nitrogen and oxygen atoms in total. The number of rotatable bonds is 5. The third-order valence-electron chi connectivity index (χ3n) is 3.72. The molecular formula is C14H11N7O4. The van der Waals surface area contributed by atoms with Gasteiger partial charge in [0.25, 0.3) is 5.91 Å². The summed E-state index contributed by atoms with van der Waals surface area (Å²) in [7, 11) is 1.47. The van der Waals surface area contributed by atoms with E-state index in [1.165, 1.54) is 24.6 Å². The first kappa shape index (κ1) is 14.7. The Bertz CT molecular complexity index is 1020. The van der Waals surface area contributed by atoms with Gasteiger partial charge in [0.1, 0.15) is 29.0 Å². The van der Waals surface area contributed by atoms with Gasteiger partial charge in [-0.2, -0.15) is 5.01 Å². The molecule has 126 valence electrons. The van der Waals surface area contributed by atoms with Crippen molar-refractivity contribution in [2.75, 3.05) is 23.3 Å². The van der Waals surface area contributed by atoms with Gasteiger partial charge in [0, 0.05) is 11.5 Å². The monoisotopic (exact) mass is 341 g/mol. The van der Waals surface area contributed by atoms with E-state index in [1.54, 1.807) is 12.1 Å². The van der Waals surface area contributed by atoms with Gasteiger partial charge in [-0.3, -0.25) is 15.0 Å². The predicted molar refractivity (Wildman–Crippen MR) is 85.8 cm³/mol. The van der Waals surface area contributed by atoms with Crippen molar-refractivity contribution in [1.82, 2.24) is 19.9 Å². The first-order chi connectivity index (χ1) is 12.1. The van der Waals surface area contributed by atoms with E-state index in [-0.39, 0.29) is 23.8 Å². The highest BCUT2D eigenvalue weighted by Crippen LogP contribution is 2.36. The normalized spacial score (nSPS) is 12.5. The van der Waals surface area contributed by atoms with E-state index in [2.05, 4.69) is 20.5 Å². The Morgan fingerprint density at radius 1 is 1.32 bits per heavy atom. The van der Waals surface area contributed by atoms with Crippen LogP contribution in [0.1, 0.15) is 10.4 Å². The minimum Gasteiger partial charge on any atom is -0.494 e. The van der Waals surface area contributed by atoms with Crippen molar-refractivity contribution in [2.45, 2.75) is 0 Å². The van der Waals surface area contributed by atoms with Crippen LogP contribution in [-0.2, 0) is 4.79 Å². The quantitative estimate of drug-likeness (QED) is 0.613. The summed E-state index contributed by atoms with van der Waals surface area (Å²) in [6.07, 6.45) is 2.78. The number of benzene rings is 1. The van der Waals surface area contributed by atoms with E-state index >= 15 is 0 Å². The number of hydrogen-bond donors (Lipinski definition) is 2. The van der Waals surface area contributed by atoms with Crippen LogP contribution in [0, 0.1) is 0 Å². The maximum Gasteiger partial charge on any atom is 0.323 e. The highest BCUT2D eigenvalue weighted by atomic mass is 16.7. The Morgan fingerprint density at radius 3 is 2.92 bits per heavy atom. The van der Waals surface area contributed by atoms with E-state index in [0.29, 0.717) is 28.2 Å². The van der Waals surface area contributed by atoms with Crippen molar-refractivity contribution in [3.8, 4) is 5.75 Å². The van der Waals surface area contributed by atoms with Crippen LogP contribution in [-0.4, -0.2) is 39.4 Å². The van der Waals surface area contributed by atoms with Crippen molar-refractivity contribution >= 4 is 40.6 Å². The number of aromatic nitrogens is 4. The molecule has 3 N–H and O–H groups in total. The fraction of sp³-hybridized carbons (Fsp3) is 0.0714. The number of nitrogen functional groups attached to an aromatic ring is 1. The number of hydrazine groups is 1. The number of nitrogens with one attached hydrogen (secondary N) is 1. The zero-order chi connectivity index (χ0) is 17.6. The highest BCUT2D eigenvalue weighted by Gasteiger charge is 2.38.